The minimum atomic E-state index is -0.448. The van der Waals surface area contributed by atoms with Gasteiger partial charge in [-0.15, -0.1) is 0 Å². The topological polar surface area (TPSA) is 55.1 Å². The third-order valence-electron chi connectivity index (χ3n) is 2.53. The molecule has 1 rings (SSSR count). The van der Waals surface area contributed by atoms with Gasteiger partial charge in [-0.1, -0.05) is 26.1 Å². The van der Waals surface area contributed by atoms with Crippen molar-refractivity contribution in [3.8, 4) is 0 Å². The molecule has 3 N–H and O–H groups in total. The van der Waals surface area contributed by atoms with E-state index in [0.717, 1.165) is 0 Å². The number of amides is 1. The molecule has 0 heterocycles. The minimum absolute atomic E-state index is 0.260. The van der Waals surface area contributed by atoms with Crippen molar-refractivity contribution in [2.45, 2.75) is 13.8 Å². The van der Waals surface area contributed by atoms with Crippen molar-refractivity contribution in [2.24, 2.45) is 11.1 Å². The molecule has 0 saturated carbocycles. The summed E-state index contributed by atoms with van der Waals surface area (Å²) >= 11 is 6.84. The number of rotatable bonds is 4. The van der Waals surface area contributed by atoms with Crippen LogP contribution in [0.5, 0.6) is 0 Å². The van der Waals surface area contributed by atoms with Gasteiger partial charge in [0.05, 0.1) is 10.6 Å². The molecule has 0 fully saturated rings. The summed E-state index contributed by atoms with van der Waals surface area (Å²) in [5, 5.41) is 2.75. The largest absolute Gasteiger partial charge is 0.393 e. The first-order valence-electron chi connectivity index (χ1n) is 5.27. The standard InChI is InChI=1S/C12H14FIN2OS/c1-12(2,11(15)18)6-16-10(17)8-4-3-7(13)5-9(8)14/h3-5H,6H2,1-2H3,(H2,15,18)(H,16,17). The lowest BCUT2D eigenvalue weighted by molar-refractivity contribution is 0.0944. The van der Waals surface area contributed by atoms with E-state index in [0.29, 0.717) is 20.7 Å². The molecule has 1 aromatic rings. The van der Waals surface area contributed by atoms with Gasteiger partial charge in [0, 0.05) is 15.5 Å². The Labute approximate surface area is 124 Å². The Morgan fingerprint density at radius 2 is 2.17 bits per heavy atom. The second-order valence-electron chi connectivity index (χ2n) is 4.55. The quantitative estimate of drug-likeness (QED) is 0.624. The fraction of sp³-hybridized carbons (Fsp3) is 0.333. The number of benzene rings is 1. The van der Waals surface area contributed by atoms with E-state index >= 15 is 0 Å². The molecule has 0 saturated heterocycles. The van der Waals surface area contributed by atoms with Crippen LogP contribution in [0.25, 0.3) is 0 Å². The summed E-state index contributed by atoms with van der Waals surface area (Å²) in [5.41, 5.74) is 5.57. The fourth-order valence-corrected chi connectivity index (χ4v) is 1.95. The van der Waals surface area contributed by atoms with Crippen LogP contribution in [-0.2, 0) is 0 Å². The van der Waals surface area contributed by atoms with E-state index < -0.39 is 5.41 Å². The van der Waals surface area contributed by atoms with Gasteiger partial charge in [0.25, 0.3) is 5.91 Å². The van der Waals surface area contributed by atoms with Crippen LogP contribution < -0.4 is 11.1 Å². The molecule has 98 valence electrons. The first-order chi connectivity index (χ1) is 8.24. The molecule has 0 atom stereocenters. The van der Waals surface area contributed by atoms with Crippen molar-refractivity contribution in [2.75, 3.05) is 6.54 Å². The molecule has 6 heteroatoms. The zero-order chi connectivity index (χ0) is 13.9. The molecule has 0 bridgehead atoms. The third-order valence-corrected chi connectivity index (χ3v) is 3.98. The van der Waals surface area contributed by atoms with Crippen LogP contribution >= 0.6 is 34.8 Å². The molecule has 0 aromatic heterocycles. The van der Waals surface area contributed by atoms with E-state index in [1.54, 1.807) is 0 Å². The molecule has 3 nitrogen and oxygen atoms in total. The number of nitrogens with two attached hydrogens (primary N) is 1. The van der Waals surface area contributed by atoms with Crippen LogP contribution in [0.3, 0.4) is 0 Å². The van der Waals surface area contributed by atoms with Gasteiger partial charge in [-0.2, -0.15) is 0 Å². The summed E-state index contributed by atoms with van der Waals surface area (Å²) in [6, 6.07) is 4.03. The van der Waals surface area contributed by atoms with E-state index in [2.05, 4.69) is 5.32 Å². The average Bonchev–Trinajstić information content (AvgIpc) is 2.25. The normalized spacial score (nSPS) is 11.1. The summed E-state index contributed by atoms with van der Waals surface area (Å²) < 4.78 is 13.5. The summed E-state index contributed by atoms with van der Waals surface area (Å²) in [6.45, 7) is 4.05. The Balaban J connectivity index is 2.75. The number of nitrogens with one attached hydrogen (secondary N) is 1. The molecule has 18 heavy (non-hydrogen) atoms. The number of thiocarbonyl (C=S) groups is 1. The van der Waals surface area contributed by atoms with Gasteiger partial charge in [-0.05, 0) is 40.8 Å². The highest BCUT2D eigenvalue weighted by atomic mass is 127. The predicted molar refractivity (Wildman–Crippen MR) is 82.0 cm³/mol. The SMILES string of the molecule is CC(C)(CNC(=O)c1ccc(F)cc1I)C(N)=S. The zero-order valence-electron chi connectivity index (χ0n) is 10.1. The molecule has 1 amide bonds. The summed E-state index contributed by atoms with van der Waals surface area (Å²) in [5.74, 6) is -0.622. The maximum atomic E-state index is 12.9. The number of carbonyl (C=O) groups is 1. The Morgan fingerprint density at radius 3 is 2.67 bits per heavy atom. The van der Waals surface area contributed by atoms with Gasteiger partial charge < -0.3 is 11.1 Å². The molecule has 0 aliphatic carbocycles. The molecule has 0 spiro atoms. The molecular formula is C12H14FIN2OS. The van der Waals surface area contributed by atoms with Gasteiger partial charge in [-0.3, -0.25) is 4.79 Å². The van der Waals surface area contributed by atoms with Crippen molar-refractivity contribution >= 4 is 45.7 Å². The van der Waals surface area contributed by atoms with Crippen LogP contribution in [-0.4, -0.2) is 17.4 Å². The molecule has 1 aromatic carbocycles. The lowest BCUT2D eigenvalue weighted by Crippen LogP contribution is -2.41. The van der Waals surface area contributed by atoms with Gasteiger partial charge >= 0.3 is 0 Å². The van der Waals surface area contributed by atoms with Crippen LogP contribution in [0.1, 0.15) is 24.2 Å². The Morgan fingerprint density at radius 1 is 1.56 bits per heavy atom. The van der Waals surface area contributed by atoms with Crippen LogP contribution in [0, 0.1) is 14.8 Å². The number of halogens is 2. The van der Waals surface area contributed by atoms with E-state index in [4.69, 9.17) is 18.0 Å². The van der Waals surface area contributed by atoms with E-state index in [1.165, 1.54) is 18.2 Å². The van der Waals surface area contributed by atoms with Crippen LogP contribution in [0.2, 0.25) is 0 Å². The second-order valence-corrected chi connectivity index (χ2v) is 6.16. The highest BCUT2D eigenvalue weighted by molar-refractivity contribution is 14.1. The Hall–Kier alpha value is -0.760. The maximum absolute atomic E-state index is 12.9. The van der Waals surface area contributed by atoms with Gasteiger partial charge in [-0.25, -0.2) is 4.39 Å². The number of hydrogen-bond donors (Lipinski definition) is 2. The summed E-state index contributed by atoms with van der Waals surface area (Å²) in [6.07, 6.45) is 0. The lowest BCUT2D eigenvalue weighted by Gasteiger charge is -2.23. The molecule has 0 unspecified atom stereocenters. The smallest absolute Gasteiger partial charge is 0.252 e. The average molecular weight is 380 g/mol. The maximum Gasteiger partial charge on any atom is 0.252 e. The highest BCUT2D eigenvalue weighted by Gasteiger charge is 2.22. The summed E-state index contributed by atoms with van der Waals surface area (Å²) in [4.78, 5) is 12.3. The second kappa shape index (κ2) is 5.92. The third kappa shape index (κ3) is 3.88. The van der Waals surface area contributed by atoms with E-state index in [9.17, 15) is 9.18 Å². The van der Waals surface area contributed by atoms with Crippen molar-refractivity contribution in [3.05, 3.63) is 33.1 Å². The first-order valence-corrected chi connectivity index (χ1v) is 6.76. The monoisotopic (exact) mass is 380 g/mol. The molecule has 0 radical (unpaired) electrons. The number of hydrogen-bond acceptors (Lipinski definition) is 2. The van der Waals surface area contributed by atoms with Crippen molar-refractivity contribution in [1.82, 2.24) is 5.32 Å². The Bertz CT molecular complexity index is 491. The highest BCUT2D eigenvalue weighted by Crippen LogP contribution is 2.16. The molecule has 0 aliphatic heterocycles. The van der Waals surface area contributed by atoms with E-state index in [1.807, 2.05) is 36.4 Å². The van der Waals surface area contributed by atoms with E-state index in [-0.39, 0.29) is 11.7 Å². The lowest BCUT2D eigenvalue weighted by atomic mass is 9.93. The zero-order valence-corrected chi connectivity index (χ0v) is 13.1. The van der Waals surface area contributed by atoms with Crippen molar-refractivity contribution < 1.29 is 9.18 Å². The number of carbonyl (C=O) groups excluding carboxylic acids is 1. The fourth-order valence-electron chi connectivity index (χ4n) is 1.16. The minimum Gasteiger partial charge on any atom is -0.393 e. The summed E-state index contributed by atoms with van der Waals surface area (Å²) in [7, 11) is 0. The van der Waals surface area contributed by atoms with Crippen LogP contribution in [0.15, 0.2) is 18.2 Å². The van der Waals surface area contributed by atoms with Crippen molar-refractivity contribution in [1.29, 1.82) is 0 Å². The Kier molecular flexibility index (Phi) is 5.03. The van der Waals surface area contributed by atoms with Gasteiger partial charge in [0.15, 0.2) is 0 Å². The molecular weight excluding hydrogens is 366 g/mol. The van der Waals surface area contributed by atoms with Gasteiger partial charge in [0.1, 0.15) is 5.82 Å². The first kappa shape index (κ1) is 15.3. The molecule has 0 aliphatic rings. The van der Waals surface area contributed by atoms with Crippen LogP contribution in [0.4, 0.5) is 4.39 Å². The van der Waals surface area contributed by atoms with Gasteiger partial charge in [0.2, 0.25) is 0 Å². The van der Waals surface area contributed by atoms with Crippen molar-refractivity contribution in [3.63, 3.8) is 0 Å². The predicted octanol–water partition coefficient (Wildman–Crippen LogP) is 2.47.